The van der Waals surface area contributed by atoms with E-state index in [2.05, 4.69) is 50.8 Å². The van der Waals surface area contributed by atoms with E-state index in [-0.39, 0.29) is 24.0 Å². The van der Waals surface area contributed by atoms with Gasteiger partial charge in [-0.25, -0.2) is 4.98 Å². The molecule has 0 bridgehead atoms. The number of aliphatic imine (C=N–C) groups is 1. The van der Waals surface area contributed by atoms with Crippen molar-refractivity contribution in [2.45, 2.75) is 39.2 Å². The predicted molar refractivity (Wildman–Crippen MR) is 126 cm³/mol. The number of unbranched alkanes of at least 4 members (excludes halogenated alkanes) is 1. The quantitative estimate of drug-likeness (QED) is 0.251. The van der Waals surface area contributed by atoms with Crippen LogP contribution in [0.2, 0.25) is 0 Å². The average Bonchev–Trinajstić information content (AvgIpc) is 2.65. The van der Waals surface area contributed by atoms with Gasteiger partial charge in [0.2, 0.25) is 0 Å². The van der Waals surface area contributed by atoms with Crippen molar-refractivity contribution < 1.29 is 0 Å². The number of anilines is 1. The third kappa shape index (κ3) is 8.33. The summed E-state index contributed by atoms with van der Waals surface area (Å²) in [6.07, 6.45) is 9.08. The van der Waals surface area contributed by atoms with Crippen LogP contribution in [0.1, 0.15) is 38.2 Å². The Labute approximate surface area is 180 Å². The van der Waals surface area contributed by atoms with E-state index in [9.17, 15) is 0 Å². The zero-order valence-corrected chi connectivity index (χ0v) is 19.5. The smallest absolute Gasteiger partial charge is 0.191 e. The molecule has 2 heterocycles. The monoisotopic (exact) mass is 491 g/mol. The van der Waals surface area contributed by atoms with Crippen molar-refractivity contribution in [2.75, 3.05) is 43.6 Å². The van der Waals surface area contributed by atoms with Crippen LogP contribution in [-0.2, 0) is 6.54 Å². The van der Waals surface area contributed by atoms with Crippen molar-refractivity contribution in [1.29, 1.82) is 0 Å². The molecular weight excluding hydrogens is 457 g/mol. The Morgan fingerprint density at radius 2 is 2.04 bits per heavy atom. The largest absolute Gasteiger partial charge is 0.357 e. The summed E-state index contributed by atoms with van der Waals surface area (Å²) in [6, 6.07) is 4.31. The van der Waals surface area contributed by atoms with Gasteiger partial charge in [-0.15, -0.1) is 24.0 Å². The van der Waals surface area contributed by atoms with E-state index in [1.807, 2.05) is 25.0 Å². The van der Waals surface area contributed by atoms with Crippen molar-refractivity contribution >= 4 is 47.5 Å². The number of pyridine rings is 1. The lowest BCUT2D eigenvalue weighted by molar-refractivity contribution is 0.436. The summed E-state index contributed by atoms with van der Waals surface area (Å²) in [5, 5.41) is 6.73. The topological polar surface area (TPSA) is 52.6 Å². The minimum absolute atomic E-state index is 0. The maximum atomic E-state index is 4.65. The SMILES string of the molecule is CN=C(NCCCCSC)NCc1ccc(N2CCC(C)CC2)nc1.I. The number of rotatable bonds is 8. The number of nitrogens with one attached hydrogen (secondary N) is 2. The van der Waals surface area contributed by atoms with Crippen LogP contribution in [0.25, 0.3) is 0 Å². The normalized spacial score (nSPS) is 15.5. The van der Waals surface area contributed by atoms with Crippen molar-refractivity contribution in [1.82, 2.24) is 15.6 Å². The molecule has 0 amide bonds. The van der Waals surface area contributed by atoms with Gasteiger partial charge in [0, 0.05) is 39.4 Å². The molecule has 26 heavy (non-hydrogen) atoms. The van der Waals surface area contributed by atoms with Crippen molar-refractivity contribution in [2.24, 2.45) is 10.9 Å². The molecule has 2 N–H and O–H groups in total. The Morgan fingerprint density at radius 3 is 2.65 bits per heavy atom. The Morgan fingerprint density at radius 1 is 1.27 bits per heavy atom. The molecule has 0 aliphatic carbocycles. The van der Waals surface area contributed by atoms with E-state index in [1.165, 1.54) is 37.0 Å². The molecule has 7 heteroatoms. The molecule has 5 nitrogen and oxygen atoms in total. The minimum Gasteiger partial charge on any atom is -0.357 e. The highest BCUT2D eigenvalue weighted by molar-refractivity contribution is 14.0. The number of thioether (sulfide) groups is 1. The third-order valence-corrected chi connectivity index (χ3v) is 5.36. The van der Waals surface area contributed by atoms with Gasteiger partial charge in [-0.2, -0.15) is 11.8 Å². The highest BCUT2D eigenvalue weighted by Gasteiger charge is 2.16. The summed E-state index contributed by atoms with van der Waals surface area (Å²) < 4.78 is 0. The molecule has 1 aromatic heterocycles. The van der Waals surface area contributed by atoms with E-state index in [4.69, 9.17) is 0 Å². The highest BCUT2D eigenvalue weighted by Crippen LogP contribution is 2.21. The minimum atomic E-state index is 0. The molecule has 2 rings (SSSR count). The van der Waals surface area contributed by atoms with Gasteiger partial charge in [0.1, 0.15) is 5.82 Å². The first kappa shape index (κ1) is 23.3. The van der Waals surface area contributed by atoms with Crippen LogP contribution in [0.4, 0.5) is 5.82 Å². The van der Waals surface area contributed by atoms with Gasteiger partial charge in [-0.05, 0) is 55.2 Å². The standard InChI is InChI=1S/C19H33N5S.HI/c1-16-8-11-24(12-9-16)18-7-6-17(14-22-18)15-23-19(20-2)21-10-4-5-13-25-3;/h6-7,14,16H,4-5,8-13,15H2,1-3H3,(H2,20,21,23);1H. The predicted octanol–water partition coefficient (Wildman–Crippen LogP) is 3.74. The number of piperidine rings is 1. The lowest BCUT2D eigenvalue weighted by atomic mass is 9.99. The van der Waals surface area contributed by atoms with Gasteiger partial charge < -0.3 is 15.5 Å². The van der Waals surface area contributed by atoms with Crippen LogP contribution in [-0.4, -0.2) is 49.6 Å². The van der Waals surface area contributed by atoms with Crippen LogP contribution < -0.4 is 15.5 Å². The van der Waals surface area contributed by atoms with E-state index >= 15 is 0 Å². The average molecular weight is 491 g/mol. The molecule has 0 atom stereocenters. The molecular formula is C19H34IN5S. The molecule has 1 aliphatic rings. The van der Waals surface area contributed by atoms with Gasteiger partial charge in [-0.3, -0.25) is 4.99 Å². The number of nitrogens with zero attached hydrogens (tertiary/aromatic N) is 3. The number of hydrogen-bond donors (Lipinski definition) is 2. The zero-order chi connectivity index (χ0) is 17.9. The summed E-state index contributed by atoms with van der Waals surface area (Å²) in [6.45, 7) is 6.29. The Kier molecular flexibility index (Phi) is 12.1. The van der Waals surface area contributed by atoms with Crippen LogP contribution in [0.15, 0.2) is 23.3 Å². The molecule has 0 radical (unpaired) electrons. The van der Waals surface area contributed by atoms with E-state index < -0.39 is 0 Å². The van der Waals surface area contributed by atoms with Crippen LogP contribution in [0.5, 0.6) is 0 Å². The van der Waals surface area contributed by atoms with E-state index in [0.29, 0.717) is 0 Å². The molecule has 0 unspecified atom stereocenters. The van der Waals surface area contributed by atoms with Gasteiger partial charge in [0.05, 0.1) is 0 Å². The molecule has 1 aliphatic heterocycles. The van der Waals surface area contributed by atoms with Crippen LogP contribution in [0.3, 0.4) is 0 Å². The van der Waals surface area contributed by atoms with Gasteiger partial charge in [0.25, 0.3) is 0 Å². The van der Waals surface area contributed by atoms with Gasteiger partial charge >= 0.3 is 0 Å². The number of halogens is 1. The highest BCUT2D eigenvalue weighted by atomic mass is 127. The summed E-state index contributed by atoms with van der Waals surface area (Å²) in [5.41, 5.74) is 1.18. The van der Waals surface area contributed by atoms with Crippen LogP contribution in [0, 0.1) is 5.92 Å². The maximum Gasteiger partial charge on any atom is 0.191 e. The second-order valence-electron chi connectivity index (χ2n) is 6.75. The fraction of sp³-hybridized carbons (Fsp3) is 0.684. The Hall–Kier alpha value is -0.700. The van der Waals surface area contributed by atoms with Crippen molar-refractivity contribution in [3.63, 3.8) is 0 Å². The fourth-order valence-corrected chi connectivity index (χ4v) is 3.42. The Bertz CT molecular complexity index is 515. The first-order chi connectivity index (χ1) is 12.2. The Balaban J connectivity index is 0.00000338. The van der Waals surface area contributed by atoms with Crippen molar-refractivity contribution in [3.8, 4) is 0 Å². The van der Waals surface area contributed by atoms with E-state index in [1.54, 1.807) is 0 Å². The third-order valence-electron chi connectivity index (χ3n) is 4.67. The van der Waals surface area contributed by atoms with Gasteiger partial charge in [-0.1, -0.05) is 13.0 Å². The van der Waals surface area contributed by atoms with E-state index in [0.717, 1.165) is 43.9 Å². The molecule has 1 aromatic rings. The summed E-state index contributed by atoms with van der Waals surface area (Å²) in [7, 11) is 1.82. The number of hydrogen-bond acceptors (Lipinski definition) is 4. The second-order valence-corrected chi connectivity index (χ2v) is 7.73. The number of guanidine groups is 1. The summed E-state index contributed by atoms with van der Waals surface area (Å²) in [4.78, 5) is 11.3. The second kappa shape index (κ2) is 13.5. The fourth-order valence-electron chi connectivity index (χ4n) is 2.93. The molecule has 1 saturated heterocycles. The molecule has 0 saturated carbocycles. The first-order valence-electron chi connectivity index (χ1n) is 9.36. The first-order valence-corrected chi connectivity index (χ1v) is 10.8. The lowest BCUT2D eigenvalue weighted by Gasteiger charge is -2.31. The van der Waals surface area contributed by atoms with Gasteiger partial charge in [0.15, 0.2) is 5.96 Å². The summed E-state index contributed by atoms with van der Waals surface area (Å²) in [5.74, 6) is 4.03. The van der Waals surface area contributed by atoms with Crippen LogP contribution >= 0.6 is 35.7 Å². The lowest BCUT2D eigenvalue weighted by Crippen LogP contribution is -2.37. The molecule has 0 spiro atoms. The maximum absolute atomic E-state index is 4.65. The zero-order valence-electron chi connectivity index (χ0n) is 16.3. The number of aromatic nitrogens is 1. The molecule has 0 aromatic carbocycles. The molecule has 1 fully saturated rings. The summed E-state index contributed by atoms with van der Waals surface area (Å²) >= 11 is 1.90. The molecule has 148 valence electrons. The van der Waals surface area contributed by atoms with Crippen molar-refractivity contribution in [3.05, 3.63) is 23.9 Å².